The molecule has 0 atom stereocenters. The van der Waals surface area contributed by atoms with E-state index in [0.29, 0.717) is 39.3 Å². The summed E-state index contributed by atoms with van der Waals surface area (Å²) in [5, 5.41) is 4.19. The van der Waals surface area contributed by atoms with Gasteiger partial charge in [-0.3, -0.25) is 9.69 Å². The number of anilines is 1. The van der Waals surface area contributed by atoms with Gasteiger partial charge in [-0.2, -0.15) is 18.3 Å². The van der Waals surface area contributed by atoms with E-state index in [9.17, 15) is 18.0 Å². The second kappa shape index (κ2) is 7.45. The highest BCUT2D eigenvalue weighted by Gasteiger charge is 2.36. The second-order valence-electron chi connectivity index (χ2n) is 6.24. The molecule has 0 spiro atoms. The number of aromatic nitrogens is 3. The molecule has 2 aromatic heterocycles. The molecule has 6 nitrogen and oxygen atoms in total. The number of piperazine rings is 1. The first-order chi connectivity index (χ1) is 12.3. The Bertz CT molecular complexity index is 813. The SMILES string of the molecule is Cc1ccc(=O)n(CCN2CCN(c3ncccc3C(F)(F)F)CC2)n1. The zero-order valence-corrected chi connectivity index (χ0v) is 14.4. The summed E-state index contributed by atoms with van der Waals surface area (Å²) in [7, 11) is 0. The smallest absolute Gasteiger partial charge is 0.354 e. The molecule has 0 unspecified atom stereocenters. The van der Waals surface area contributed by atoms with Crippen LogP contribution < -0.4 is 10.5 Å². The number of hydrogen-bond donors (Lipinski definition) is 0. The van der Waals surface area contributed by atoms with Crippen LogP contribution in [0.3, 0.4) is 0 Å². The van der Waals surface area contributed by atoms with Crippen LogP contribution in [0.4, 0.5) is 19.0 Å². The summed E-state index contributed by atoms with van der Waals surface area (Å²) >= 11 is 0. The largest absolute Gasteiger partial charge is 0.419 e. The van der Waals surface area contributed by atoms with Crippen molar-refractivity contribution in [1.82, 2.24) is 19.7 Å². The standard InChI is InChI=1S/C17H20F3N5O/c1-13-4-5-15(26)25(22-13)12-9-23-7-10-24(11-8-23)16-14(17(18,19)20)3-2-6-21-16/h2-6H,7-12H2,1H3. The molecule has 140 valence electrons. The molecule has 0 saturated carbocycles. The third-order valence-corrected chi connectivity index (χ3v) is 4.39. The van der Waals surface area contributed by atoms with E-state index in [-0.39, 0.29) is 11.4 Å². The number of rotatable bonds is 4. The first-order valence-electron chi connectivity index (χ1n) is 8.39. The Morgan fingerprint density at radius 2 is 1.81 bits per heavy atom. The van der Waals surface area contributed by atoms with Crippen molar-refractivity contribution < 1.29 is 13.2 Å². The van der Waals surface area contributed by atoms with Crippen LogP contribution in [-0.4, -0.2) is 52.4 Å². The van der Waals surface area contributed by atoms with Gasteiger partial charge in [0.25, 0.3) is 5.56 Å². The number of pyridine rings is 1. The van der Waals surface area contributed by atoms with Crippen molar-refractivity contribution in [3.63, 3.8) is 0 Å². The fourth-order valence-corrected chi connectivity index (χ4v) is 3.00. The zero-order chi connectivity index (χ0) is 18.7. The number of nitrogens with zero attached hydrogens (tertiary/aromatic N) is 5. The lowest BCUT2D eigenvalue weighted by molar-refractivity contribution is -0.137. The average molecular weight is 367 g/mol. The molecule has 0 aliphatic carbocycles. The van der Waals surface area contributed by atoms with Gasteiger partial charge >= 0.3 is 6.18 Å². The normalized spacial score (nSPS) is 16.1. The quantitative estimate of drug-likeness (QED) is 0.825. The van der Waals surface area contributed by atoms with Crippen LogP contribution in [0.25, 0.3) is 0 Å². The van der Waals surface area contributed by atoms with Crippen LogP contribution in [0.2, 0.25) is 0 Å². The third kappa shape index (κ3) is 4.21. The first kappa shape index (κ1) is 18.4. The van der Waals surface area contributed by atoms with Gasteiger partial charge in [0.15, 0.2) is 0 Å². The predicted molar refractivity (Wildman–Crippen MR) is 91.1 cm³/mol. The minimum atomic E-state index is -4.42. The summed E-state index contributed by atoms with van der Waals surface area (Å²) in [4.78, 5) is 19.5. The van der Waals surface area contributed by atoms with Crippen molar-refractivity contribution in [1.29, 1.82) is 0 Å². The maximum atomic E-state index is 13.1. The molecule has 0 amide bonds. The Morgan fingerprint density at radius 3 is 2.50 bits per heavy atom. The molecule has 0 radical (unpaired) electrons. The molecule has 0 bridgehead atoms. The molecular formula is C17H20F3N5O. The van der Waals surface area contributed by atoms with Gasteiger partial charge in [-0.15, -0.1) is 0 Å². The van der Waals surface area contributed by atoms with Crippen molar-refractivity contribution in [3.8, 4) is 0 Å². The molecule has 3 rings (SSSR count). The van der Waals surface area contributed by atoms with E-state index in [1.165, 1.54) is 23.0 Å². The van der Waals surface area contributed by atoms with Crippen molar-refractivity contribution >= 4 is 5.82 Å². The van der Waals surface area contributed by atoms with Crippen molar-refractivity contribution in [3.05, 3.63) is 52.1 Å². The van der Waals surface area contributed by atoms with Crippen LogP contribution in [0, 0.1) is 6.92 Å². The molecule has 3 heterocycles. The van der Waals surface area contributed by atoms with Crippen LogP contribution in [-0.2, 0) is 12.7 Å². The molecule has 1 aliphatic rings. The molecule has 0 N–H and O–H groups in total. The van der Waals surface area contributed by atoms with Gasteiger partial charge in [-0.1, -0.05) is 0 Å². The van der Waals surface area contributed by atoms with E-state index in [1.54, 1.807) is 11.0 Å². The third-order valence-electron chi connectivity index (χ3n) is 4.39. The van der Waals surface area contributed by atoms with Gasteiger partial charge in [0, 0.05) is 45.0 Å². The molecule has 2 aromatic rings. The lowest BCUT2D eigenvalue weighted by Gasteiger charge is -2.36. The van der Waals surface area contributed by atoms with Crippen molar-refractivity contribution in [2.75, 3.05) is 37.6 Å². The molecular weight excluding hydrogens is 347 g/mol. The summed E-state index contributed by atoms with van der Waals surface area (Å²) in [6, 6.07) is 5.52. The topological polar surface area (TPSA) is 54.3 Å². The predicted octanol–water partition coefficient (Wildman–Crippen LogP) is 1.79. The van der Waals surface area contributed by atoms with Gasteiger partial charge in [-0.25, -0.2) is 9.67 Å². The minimum Gasteiger partial charge on any atom is -0.354 e. The number of hydrogen-bond acceptors (Lipinski definition) is 5. The van der Waals surface area contributed by atoms with E-state index < -0.39 is 11.7 Å². The second-order valence-corrected chi connectivity index (χ2v) is 6.24. The summed E-state index contributed by atoms with van der Waals surface area (Å²) in [5.41, 5.74) is -0.0919. The summed E-state index contributed by atoms with van der Waals surface area (Å²) in [5.74, 6) is -0.0174. The first-order valence-corrected chi connectivity index (χ1v) is 8.39. The van der Waals surface area contributed by atoms with Gasteiger partial charge < -0.3 is 4.90 Å². The Hall–Kier alpha value is -2.42. The van der Waals surface area contributed by atoms with Crippen LogP contribution in [0.5, 0.6) is 0 Å². The summed E-state index contributed by atoms with van der Waals surface area (Å²) < 4.78 is 40.8. The maximum Gasteiger partial charge on any atom is 0.419 e. The van der Waals surface area contributed by atoms with Gasteiger partial charge in [0.2, 0.25) is 0 Å². The Balaban J connectivity index is 1.60. The van der Waals surface area contributed by atoms with Crippen LogP contribution in [0.1, 0.15) is 11.3 Å². The van der Waals surface area contributed by atoms with E-state index in [1.807, 2.05) is 6.92 Å². The lowest BCUT2D eigenvalue weighted by Crippen LogP contribution is -2.48. The van der Waals surface area contributed by atoms with Gasteiger partial charge in [0.05, 0.1) is 17.8 Å². The van der Waals surface area contributed by atoms with Crippen LogP contribution in [0.15, 0.2) is 35.3 Å². The number of alkyl halides is 3. The number of aryl methyl sites for hydroxylation is 1. The molecule has 9 heteroatoms. The monoisotopic (exact) mass is 367 g/mol. The van der Waals surface area contributed by atoms with Gasteiger partial charge in [-0.05, 0) is 25.1 Å². The van der Waals surface area contributed by atoms with E-state index in [0.717, 1.165) is 11.8 Å². The van der Waals surface area contributed by atoms with E-state index >= 15 is 0 Å². The highest BCUT2D eigenvalue weighted by molar-refractivity contribution is 5.48. The number of halogens is 3. The molecule has 1 fully saturated rings. The lowest BCUT2D eigenvalue weighted by atomic mass is 10.2. The fraction of sp³-hybridized carbons (Fsp3) is 0.471. The van der Waals surface area contributed by atoms with E-state index in [4.69, 9.17) is 0 Å². The highest BCUT2D eigenvalue weighted by atomic mass is 19.4. The Morgan fingerprint density at radius 1 is 1.08 bits per heavy atom. The molecule has 1 aliphatic heterocycles. The molecule has 1 saturated heterocycles. The van der Waals surface area contributed by atoms with Crippen molar-refractivity contribution in [2.45, 2.75) is 19.6 Å². The van der Waals surface area contributed by atoms with Gasteiger partial charge in [0.1, 0.15) is 5.82 Å². The summed E-state index contributed by atoms with van der Waals surface area (Å²) in [6.07, 6.45) is -3.04. The molecule has 26 heavy (non-hydrogen) atoms. The maximum absolute atomic E-state index is 13.1. The molecule has 0 aromatic carbocycles. The minimum absolute atomic E-state index is 0.0174. The average Bonchev–Trinajstić information content (AvgIpc) is 2.62. The van der Waals surface area contributed by atoms with Crippen LogP contribution >= 0.6 is 0 Å². The Labute approximate surface area is 148 Å². The van der Waals surface area contributed by atoms with E-state index in [2.05, 4.69) is 15.0 Å². The zero-order valence-electron chi connectivity index (χ0n) is 14.4. The Kier molecular flexibility index (Phi) is 5.26. The fourth-order valence-electron chi connectivity index (χ4n) is 3.00. The summed E-state index contributed by atoms with van der Waals surface area (Å²) in [6.45, 7) is 5.02. The highest BCUT2D eigenvalue weighted by Crippen LogP contribution is 2.35. The van der Waals surface area contributed by atoms with Crippen molar-refractivity contribution in [2.24, 2.45) is 0 Å².